The summed E-state index contributed by atoms with van der Waals surface area (Å²) in [5.74, 6) is 4.54. The smallest absolute Gasteiger partial charge is 0.0158 e. The van der Waals surface area contributed by atoms with Crippen molar-refractivity contribution < 1.29 is 0 Å². The molecule has 3 fully saturated rings. The normalized spacial score (nSPS) is 45.8. The van der Waals surface area contributed by atoms with Crippen molar-refractivity contribution in [2.75, 3.05) is 14.1 Å². The lowest BCUT2D eigenvalue weighted by Crippen LogP contribution is -2.60. The Kier molecular flexibility index (Phi) is 4.94. The van der Waals surface area contributed by atoms with E-state index in [0.717, 1.165) is 29.6 Å². The van der Waals surface area contributed by atoms with E-state index in [0.29, 0.717) is 5.92 Å². The Morgan fingerprint density at radius 3 is 2.54 bits per heavy atom. The van der Waals surface area contributed by atoms with E-state index in [1.54, 1.807) is 0 Å². The molecule has 3 aliphatic carbocycles. The number of nitrogens with zero attached hydrogens (tertiary/aromatic N) is 2. The van der Waals surface area contributed by atoms with Gasteiger partial charge in [-0.3, -0.25) is 0 Å². The Morgan fingerprint density at radius 2 is 1.92 bits per heavy atom. The van der Waals surface area contributed by atoms with Gasteiger partial charge < -0.3 is 10.6 Å². The second-order valence-electron chi connectivity index (χ2n) is 9.78. The lowest BCUT2D eigenvalue weighted by Gasteiger charge is -2.69. The second-order valence-corrected chi connectivity index (χ2v) is 9.78. The van der Waals surface area contributed by atoms with Crippen LogP contribution in [0.1, 0.15) is 66.2 Å². The highest BCUT2D eigenvalue weighted by atomic mass is 15.0. The quantitative estimate of drug-likeness (QED) is 0.550. The van der Waals surface area contributed by atoms with Crippen LogP contribution in [0.25, 0.3) is 10.6 Å². The third-order valence-electron chi connectivity index (χ3n) is 8.23. The van der Waals surface area contributed by atoms with Crippen LogP contribution in [0.15, 0.2) is 12.2 Å². The molecule has 0 radical (unpaired) electrons. The van der Waals surface area contributed by atoms with Gasteiger partial charge in [-0.2, -0.15) is 14.1 Å². The molecular weight excluding hydrogens is 292 g/mol. The molecule has 3 aliphatic rings. The molecule has 0 aliphatic heterocycles. The van der Waals surface area contributed by atoms with Crippen LogP contribution >= 0.6 is 0 Å². The minimum Gasteiger partial charge on any atom is -0.660 e. The maximum atomic E-state index is 5.12. The molecular formula is C22H38N2-2. The molecule has 24 heavy (non-hydrogen) atoms. The highest BCUT2D eigenvalue weighted by Crippen LogP contribution is 2.63. The summed E-state index contributed by atoms with van der Waals surface area (Å²) in [6, 6.07) is 0. The summed E-state index contributed by atoms with van der Waals surface area (Å²) >= 11 is 0. The molecule has 0 amide bonds. The van der Waals surface area contributed by atoms with Crippen LogP contribution in [-0.2, 0) is 0 Å². The van der Waals surface area contributed by atoms with Gasteiger partial charge in [0.25, 0.3) is 0 Å². The van der Waals surface area contributed by atoms with Crippen molar-refractivity contribution in [3.8, 4) is 0 Å². The molecule has 3 saturated carbocycles. The summed E-state index contributed by atoms with van der Waals surface area (Å²) in [6.45, 7) is 14.2. The second kappa shape index (κ2) is 6.43. The van der Waals surface area contributed by atoms with Crippen LogP contribution < -0.4 is 0 Å². The molecule has 7 atom stereocenters. The summed E-state index contributed by atoms with van der Waals surface area (Å²) < 4.78 is 0. The van der Waals surface area contributed by atoms with E-state index in [1.807, 2.05) is 7.05 Å². The maximum Gasteiger partial charge on any atom is -0.0158 e. The first-order valence-electron chi connectivity index (χ1n) is 10.2. The van der Waals surface area contributed by atoms with Crippen molar-refractivity contribution in [3.05, 3.63) is 22.8 Å². The average Bonchev–Trinajstić information content (AvgIpc) is 2.54. The Morgan fingerprint density at radius 1 is 1.21 bits per heavy atom. The van der Waals surface area contributed by atoms with E-state index in [2.05, 4.69) is 46.6 Å². The fourth-order valence-corrected chi connectivity index (χ4v) is 6.83. The van der Waals surface area contributed by atoms with Gasteiger partial charge in [0.05, 0.1) is 0 Å². The fourth-order valence-electron chi connectivity index (χ4n) is 6.83. The van der Waals surface area contributed by atoms with Crippen molar-refractivity contribution in [1.29, 1.82) is 0 Å². The molecule has 2 nitrogen and oxygen atoms in total. The van der Waals surface area contributed by atoms with Crippen LogP contribution in [0.4, 0.5) is 0 Å². The van der Waals surface area contributed by atoms with Crippen molar-refractivity contribution in [1.82, 2.24) is 0 Å². The summed E-state index contributed by atoms with van der Waals surface area (Å²) in [4.78, 5) is 0. The molecule has 0 unspecified atom stereocenters. The van der Waals surface area contributed by atoms with Crippen LogP contribution in [0.2, 0.25) is 0 Å². The highest BCUT2D eigenvalue weighted by molar-refractivity contribution is 5.27. The fraction of sp³-hybridized carbons (Fsp3) is 0.909. The first-order chi connectivity index (χ1) is 11.3. The van der Waals surface area contributed by atoms with Gasteiger partial charge in [0.1, 0.15) is 0 Å². The van der Waals surface area contributed by atoms with Crippen molar-refractivity contribution >= 4 is 0 Å². The van der Waals surface area contributed by atoms with Crippen LogP contribution in [-0.4, -0.2) is 25.2 Å². The molecule has 0 aromatic rings. The zero-order chi connectivity index (χ0) is 17.7. The summed E-state index contributed by atoms with van der Waals surface area (Å²) in [5, 5.41) is 9.79. The minimum absolute atomic E-state index is 0.0846. The Bertz CT molecular complexity index is 482. The van der Waals surface area contributed by atoms with Gasteiger partial charge in [0.2, 0.25) is 0 Å². The number of hydrogen-bond acceptors (Lipinski definition) is 0. The summed E-state index contributed by atoms with van der Waals surface area (Å²) in [7, 11) is 4.09. The van der Waals surface area contributed by atoms with Gasteiger partial charge >= 0.3 is 0 Å². The molecule has 3 rings (SSSR count). The van der Waals surface area contributed by atoms with E-state index in [4.69, 9.17) is 5.32 Å². The molecule has 0 saturated heterocycles. The third-order valence-corrected chi connectivity index (χ3v) is 8.23. The number of allylic oxidation sites excluding steroid dienone is 1. The topological polar surface area (TPSA) is 28.2 Å². The molecule has 138 valence electrons. The molecule has 2 heteroatoms. The number of hydrogen-bond donors (Lipinski definition) is 0. The van der Waals surface area contributed by atoms with Crippen LogP contribution in [0.5, 0.6) is 0 Å². The largest absolute Gasteiger partial charge is 0.660 e. The van der Waals surface area contributed by atoms with Gasteiger partial charge in [0, 0.05) is 0 Å². The predicted molar refractivity (Wildman–Crippen MR) is 105 cm³/mol. The SMILES string of the molecule is C=C1CC[C@]2([N-]C)[C@@H]3[C@@H](CC[C@H]2C)[C@H](C)C[C@H](CC(C)(C)[N-]C)[C@@H]13. The average molecular weight is 331 g/mol. The van der Waals surface area contributed by atoms with Crippen molar-refractivity contribution in [2.24, 2.45) is 35.5 Å². The van der Waals surface area contributed by atoms with E-state index in [9.17, 15) is 0 Å². The van der Waals surface area contributed by atoms with E-state index < -0.39 is 0 Å². The first-order valence-corrected chi connectivity index (χ1v) is 10.2. The lowest BCUT2D eigenvalue weighted by atomic mass is 9.44. The molecule has 0 heterocycles. The van der Waals surface area contributed by atoms with Crippen molar-refractivity contribution in [3.63, 3.8) is 0 Å². The molecule has 0 bridgehead atoms. The third kappa shape index (κ3) is 2.78. The zero-order valence-electron chi connectivity index (χ0n) is 16.8. The van der Waals surface area contributed by atoms with Gasteiger partial charge in [-0.05, 0) is 48.9 Å². The lowest BCUT2D eigenvalue weighted by molar-refractivity contribution is -0.0568. The Balaban J connectivity index is 1.99. The monoisotopic (exact) mass is 330 g/mol. The first kappa shape index (κ1) is 18.5. The van der Waals surface area contributed by atoms with Crippen LogP contribution in [0, 0.1) is 35.5 Å². The highest BCUT2D eigenvalue weighted by Gasteiger charge is 2.54. The van der Waals surface area contributed by atoms with Gasteiger partial charge in [-0.15, -0.1) is 11.1 Å². The zero-order valence-corrected chi connectivity index (χ0v) is 16.8. The van der Waals surface area contributed by atoms with Crippen molar-refractivity contribution in [2.45, 2.75) is 77.3 Å². The molecule has 0 aromatic carbocycles. The van der Waals surface area contributed by atoms with Gasteiger partial charge in [0.15, 0.2) is 0 Å². The molecule has 0 N–H and O–H groups in total. The molecule has 0 spiro atoms. The van der Waals surface area contributed by atoms with Gasteiger partial charge in [-0.25, -0.2) is 0 Å². The Hall–Kier alpha value is -0.340. The summed E-state index contributed by atoms with van der Waals surface area (Å²) in [5.41, 5.74) is 1.83. The van der Waals surface area contributed by atoms with E-state index >= 15 is 0 Å². The standard InChI is InChI=1S/C22H38N2/c1-14-10-11-22(24-7)16(3)8-9-18-15(2)12-17(19(14)20(18)22)13-21(4,5)23-6/h15-20H,1,8-13H2,2-7H3/q-2/t15-,16-,17-,18+,19-,20-,22-/m1/s1. The predicted octanol–water partition coefficient (Wildman–Crippen LogP) is 6.19. The van der Waals surface area contributed by atoms with E-state index in [1.165, 1.54) is 44.1 Å². The summed E-state index contributed by atoms with van der Waals surface area (Å²) in [6.07, 6.45) is 7.75. The Labute approximate surface area is 150 Å². The van der Waals surface area contributed by atoms with Crippen LogP contribution in [0.3, 0.4) is 0 Å². The number of rotatable bonds is 4. The minimum atomic E-state index is 0.0846. The maximum absolute atomic E-state index is 5.12. The van der Waals surface area contributed by atoms with Gasteiger partial charge in [-0.1, -0.05) is 65.0 Å². The molecule has 0 aromatic heterocycles. The van der Waals surface area contributed by atoms with E-state index in [-0.39, 0.29) is 11.1 Å².